The molecule has 0 fully saturated rings. The smallest absolute Gasteiger partial charge is 0.0701 e. The second-order valence-corrected chi connectivity index (χ2v) is 10.4. The van der Waals surface area contributed by atoms with Gasteiger partial charge in [0.2, 0.25) is 0 Å². The lowest BCUT2D eigenvalue weighted by atomic mass is 10.0. The van der Waals surface area contributed by atoms with Crippen molar-refractivity contribution in [1.29, 1.82) is 0 Å². The molecule has 0 aliphatic heterocycles. The maximum atomic E-state index is 4.52. The van der Waals surface area contributed by atoms with Crippen LogP contribution in [0.1, 0.15) is 0 Å². The van der Waals surface area contributed by atoms with Crippen molar-refractivity contribution in [1.82, 2.24) is 4.98 Å². The van der Waals surface area contributed by atoms with Crippen LogP contribution in [0, 0.1) is 0 Å². The van der Waals surface area contributed by atoms with Gasteiger partial charge in [-0.1, -0.05) is 78.9 Å². The average Bonchev–Trinajstić information content (AvgIpc) is 3.37. The van der Waals surface area contributed by atoms with Gasteiger partial charge in [0, 0.05) is 49.0 Å². The Kier molecular flexibility index (Phi) is 5.69. The molecule has 0 aliphatic rings. The van der Waals surface area contributed by atoms with Crippen LogP contribution in [0.3, 0.4) is 0 Å². The fraction of sp³-hybridized carbons (Fsp3) is 0. The van der Waals surface area contributed by atoms with Gasteiger partial charge < -0.3 is 4.90 Å². The Morgan fingerprint density at radius 1 is 0.447 bits per heavy atom. The van der Waals surface area contributed by atoms with Gasteiger partial charge in [-0.3, -0.25) is 4.98 Å². The quantitative estimate of drug-likeness (QED) is 0.232. The summed E-state index contributed by atoms with van der Waals surface area (Å²) in [6.07, 6.45) is 1.84. The van der Waals surface area contributed by atoms with E-state index in [4.69, 9.17) is 0 Å². The minimum absolute atomic E-state index is 0.976. The third-order valence-corrected chi connectivity index (χ3v) is 8.09. The summed E-state index contributed by atoms with van der Waals surface area (Å²) in [5, 5.41) is 2.60. The Balaban J connectivity index is 1.35. The number of rotatable bonds is 5. The SMILES string of the molecule is c1ccc(-c2ccc(N(c3ccc(-c4ccccn4)cc3)c3ccc4sc5ccccc5c4c3)cc2)cc1. The van der Waals surface area contributed by atoms with Crippen LogP contribution in [-0.2, 0) is 0 Å². The molecule has 0 N–H and O–H groups in total. The molecule has 5 aromatic carbocycles. The number of benzene rings is 5. The highest BCUT2D eigenvalue weighted by atomic mass is 32.1. The average molecular weight is 505 g/mol. The predicted octanol–water partition coefficient (Wildman–Crippen LogP) is 10.3. The standard InChI is InChI=1S/C35H24N2S/c1-2-8-25(9-3-1)26-13-17-28(18-14-26)37(29-19-15-27(16-20-29)33-11-6-7-23-36-33)30-21-22-35-32(24-30)31-10-4-5-12-34(31)38-35/h1-24H. The van der Waals surface area contributed by atoms with Gasteiger partial charge in [0.15, 0.2) is 0 Å². The van der Waals surface area contributed by atoms with Crippen molar-refractivity contribution in [3.63, 3.8) is 0 Å². The van der Waals surface area contributed by atoms with Crippen LogP contribution < -0.4 is 4.90 Å². The highest BCUT2D eigenvalue weighted by Gasteiger charge is 2.15. The molecule has 0 radical (unpaired) electrons. The number of pyridine rings is 1. The van der Waals surface area contributed by atoms with Gasteiger partial charge in [0.05, 0.1) is 5.69 Å². The molecular formula is C35H24N2S. The first-order valence-electron chi connectivity index (χ1n) is 12.7. The fourth-order valence-corrected chi connectivity index (χ4v) is 6.14. The summed E-state index contributed by atoms with van der Waals surface area (Å²) < 4.78 is 2.62. The fourth-order valence-electron chi connectivity index (χ4n) is 5.05. The highest BCUT2D eigenvalue weighted by molar-refractivity contribution is 7.25. The van der Waals surface area contributed by atoms with Gasteiger partial charge in [-0.2, -0.15) is 0 Å². The topological polar surface area (TPSA) is 16.1 Å². The zero-order valence-corrected chi connectivity index (χ0v) is 21.5. The lowest BCUT2D eigenvalue weighted by Crippen LogP contribution is -2.09. The maximum Gasteiger partial charge on any atom is 0.0701 e. The Bertz CT molecular complexity index is 1760. The molecule has 0 saturated heterocycles. The second-order valence-electron chi connectivity index (χ2n) is 9.29. The number of hydrogen-bond acceptors (Lipinski definition) is 3. The molecule has 0 saturated carbocycles. The Labute approximate surface area is 226 Å². The lowest BCUT2D eigenvalue weighted by Gasteiger charge is -2.26. The molecule has 7 aromatic rings. The van der Waals surface area contributed by atoms with Crippen LogP contribution in [0.5, 0.6) is 0 Å². The maximum absolute atomic E-state index is 4.52. The Morgan fingerprint density at radius 2 is 1.05 bits per heavy atom. The van der Waals surface area contributed by atoms with Gasteiger partial charge >= 0.3 is 0 Å². The van der Waals surface area contributed by atoms with Gasteiger partial charge in [0.25, 0.3) is 0 Å². The summed E-state index contributed by atoms with van der Waals surface area (Å²) in [4.78, 5) is 6.86. The number of hydrogen-bond donors (Lipinski definition) is 0. The van der Waals surface area contributed by atoms with Crippen LogP contribution in [0.2, 0.25) is 0 Å². The van der Waals surface area contributed by atoms with E-state index in [0.717, 1.165) is 28.3 Å². The first-order valence-corrected chi connectivity index (χ1v) is 13.5. The number of aromatic nitrogens is 1. The van der Waals surface area contributed by atoms with Crippen LogP contribution in [0.25, 0.3) is 42.6 Å². The molecule has 0 spiro atoms. The number of nitrogens with zero attached hydrogens (tertiary/aromatic N) is 2. The van der Waals surface area contributed by atoms with E-state index in [1.165, 1.54) is 31.3 Å². The van der Waals surface area contributed by atoms with Crippen LogP contribution in [-0.4, -0.2) is 4.98 Å². The normalized spacial score (nSPS) is 11.2. The monoisotopic (exact) mass is 504 g/mol. The number of anilines is 3. The summed E-state index contributed by atoms with van der Waals surface area (Å²) in [7, 11) is 0. The minimum atomic E-state index is 0.976. The molecule has 2 aromatic heterocycles. The van der Waals surface area contributed by atoms with Crippen molar-refractivity contribution < 1.29 is 0 Å². The largest absolute Gasteiger partial charge is 0.310 e. The summed E-state index contributed by atoms with van der Waals surface area (Å²) in [5.74, 6) is 0. The molecular weight excluding hydrogens is 480 g/mol. The molecule has 0 unspecified atom stereocenters. The van der Waals surface area contributed by atoms with Crippen molar-refractivity contribution in [3.8, 4) is 22.4 Å². The van der Waals surface area contributed by atoms with Crippen molar-refractivity contribution in [3.05, 3.63) is 146 Å². The molecule has 180 valence electrons. The predicted molar refractivity (Wildman–Crippen MR) is 163 cm³/mol. The van der Waals surface area contributed by atoms with E-state index in [2.05, 4.69) is 131 Å². The van der Waals surface area contributed by atoms with Crippen molar-refractivity contribution in [2.75, 3.05) is 4.90 Å². The summed E-state index contributed by atoms with van der Waals surface area (Å²) >= 11 is 1.85. The Hall–Kier alpha value is -4.73. The Morgan fingerprint density at radius 3 is 1.79 bits per heavy atom. The second kappa shape index (κ2) is 9.62. The molecule has 0 bridgehead atoms. The van der Waals surface area contributed by atoms with Crippen LogP contribution >= 0.6 is 11.3 Å². The molecule has 0 amide bonds. The van der Waals surface area contributed by atoms with Crippen LogP contribution in [0.4, 0.5) is 17.1 Å². The molecule has 2 heterocycles. The van der Waals surface area contributed by atoms with Crippen molar-refractivity contribution in [2.45, 2.75) is 0 Å². The third kappa shape index (κ3) is 4.13. The summed E-state index contributed by atoms with van der Waals surface area (Å²) in [6, 6.07) is 49.5. The molecule has 3 heteroatoms. The van der Waals surface area contributed by atoms with E-state index in [1.54, 1.807) is 0 Å². The van der Waals surface area contributed by atoms with Gasteiger partial charge in [-0.25, -0.2) is 0 Å². The first kappa shape index (κ1) is 22.5. The molecule has 2 nitrogen and oxygen atoms in total. The van der Waals surface area contributed by atoms with Crippen molar-refractivity contribution in [2.24, 2.45) is 0 Å². The first-order chi connectivity index (χ1) is 18.8. The van der Waals surface area contributed by atoms with E-state index in [1.807, 2.05) is 35.7 Å². The van der Waals surface area contributed by atoms with E-state index < -0.39 is 0 Å². The van der Waals surface area contributed by atoms with Gasteiger partial charge in [-0.15, -0.1) is 11.3 Å². The van der Waals surface area contributed by atoms with E-state index in [0.29, 0.717) is 0 Å². The van der Waals surface area contributed by atoms with Gasteiger partial charge in [-0.05, 0) is 71.8 Å². The third-order valence-electron chi connectivity index (χ3n) is 6.94. The molecule has 38 heavy (non-hydrogen) atoms. The summed E-state index contributed by atoms with van der Waals surface area (Å²) in [5.41, 5.74) is 7.87. The summed E-state index contributed by atoms with van der Waals surface area (Å²) in [6.45, 7) is 0. The van der Waals surface area contributed by atoms with E-state index in [9.17, 15) is 0 Å². The number of thiophene rings is 1. The molecule has 0 atom stereocenters. The van der Waals surface area contributed by atoms with E-state index >= 15 is 0 Å². The lowest BCUT2D eigenvalue weighted by molar-refractivity contribution is 1.28. The van der Waals surface area contributed by atoms with Crippen molar-refractivity contribution >= 4 is 48.6 Å². The minimum Gasteiger partial charge on any atom is -0.310 e. The molecule has 0 aliphatic carbocycles. The van der Waals surface area contributed by atoms with Crippen LogP contribution in [0.15, 0.2) is 146 Å². The zero-order chi connectivity index (χ0) is 25.3. The molecule has 7 rings (SSSR count). The van der Waals surface area contributed by atoms with Gasteiger partial charge in [0.1, 0.15) is 0 Å². The van der Waals surface area contributed by atoms with E-state index in [-0.39, 0.29) is 0 Å². The zero-order valence-electron chi connectivity index (χ0n) is 20.7. The highest BCUT2D eigenvalue weighted by Crippen LogP contribution is 2.41. The number of fused-ring (bicyclic) bond motifs is 3.